The van der Waals surface area contributed by atoms with Gasteiger partial charge in [0.15, 0.2) is 9.84 Å². The molecule has 0 aliphatic carbocycles. The number of aryl methyl sites for hydroxylation is 1. The van der Waals surface area contributed by atoms with Crippen LogP contribution in [0.4, 0.5) is 0 Å². The summed E-state index contributed by atoms with van der Waals surface area (Å²) in [5, 5.41) is 5.63. The number of unbranched alkanes of at least 4 members (excludes halogenated alkanes) is 2. The number of rotatable bonds is 12. The first-order valence-electron chi connectivity index (χ1n) is 9.68. The summed E-state index contributed by atoms with van der Waals surface area (Å²) in [6.45, 7) is 5.10. The number of halogens is 2. The van der Waals surface area contributed by atoms with Gasteiger partial charge in [0, 0.05) is 28.2 Å². The van der Waals surface area contributed by atoms with E-state index in [1.165, 1.54) is 0 Å². The SMILES string of the molecule is CCCCOc1cc(CCS(=O)(=O)CCCC)n(Cc2ccc(Cl)cc2Cl)n1. The van der Waals surface area contributed by atoms with Gasteiger partial charge in [-0.2, -0.15) is 0 Å². The fraction of sp³-hybridized carbons (Fsp3) is 0.550. The molecule has 0 spiro atoms. The topological polar surface area (TPSA) is 61.2 Å². The monoisotopic (exact) mass is 446 g/mol. The summed E-state index contributed by atoms with van der Waals surface area (Å²) in [5.41, 5.74) is 1.68. The lowest BCUT2D eigenvalue weighted by molar-refractivity contribution is 0.294. The molecule has 0 N–H and O–H groups in total. The van der Waals surface area contributed by atoms with Crippen molar-refractivity contribution in [3.8, 4) is 5.88 Å². The van der Waals surface area contributed by atoms with Crippen molar-refractivity contribution in [2.24, 2.45) is 0 Å². The minimum atomic E-state index is -3.08. The van der Waals surface area contributed by atoms with Gasteiger partial charge in [0.2, 0.25) is 5.88 Å². The van der Waals surface area contributed by atoms with Crippen molar-refractivity contribution in [3.05, 3.63) is 45.6 Å². The van der Waals surface area contributed by atoms with Gasteiger partial charge in [-0.05, 0) is 30.5 Å². The highest BCUT2D eigenvalue weighted by Gasteiger charge is 2.16. The molecule has 0 aliphatic heterocycles. The minimum Gasteiger partial charge on any atom is -0.477 e. The molecule has 0 saturated carbocycles. The Morgan fingerprint density at radius 3 is 2.50 bits per heavy atom. The van der Waals surface area contributed by atoms with Gasteiger partial charge >= 0.3 is 0 Å². The Bertz CT molecular complexity index is 866. The number of nitrogens with zero attached hydrogens (tertiary/aromatic N) is 2. The third-order valence-electron chi connectivity index (χ3n) is 4.40. The first-order chi connectivity index (χ1) is 13.3. The molecule has 1 aromatic carbocycles. The highest BCUT2D eigenvalue weighted by atomic mass is 35.5. The van der Waals surface area contributed by atoms with Crippen LogP contribution in [0.1, 0.15) is 50.8 Å². The summed E-state index contributed by atoms with van der Waals surface area (Å²) in [6, 6.07) is 7.15. The summed E-state index contributed by atoms with van der Waals surface area (Å²) in [5.74, 6) is 0.835. The molecule has 0 amide bonds. The van der Waals surface area contributed by atoms with Gasteiger partial charge in [-0.15, -0.1) is 5.10 Å². The Hall–Kier alpha value is -1.24. The second kappa shape index (κ2) is 11.1. The summed E-state index contributed by atoms with van der Waals surface area (Å²) >= 11 is 12.3. The van der Waals surface area contributed by atoms with E-state index in [1.807, 2.05) is 19.1 Å². The molecule has 1 aromatic heterocycles. The summed E-state index contributed by atoms with van der Waals surface area (Å²) in [7, 11) is -3.08. The first kappa shape index (κ1) is 23.0. The Balaban J connectivity index is 2.18. The van der Waals surface area contributed by atoms with Crippen LogP contribution >= 0.6 is 23.2 Å². The number of hydrogen-bond acceptors (Lipinski definition) is 4. The molecule has 0 bridgehead atoms. The van der Waals surface area contributed by atoms with Crippen LogP contribution in [0.3, 0.4) is 0 Å². The quantitative estimate of drug-likeness (QED) is 0.421. The van der Waals surface area contributed by atoms with Crippen LogP contribution in [-0.2, 0) is 22.8 Å². The van der Waals surface area contributed by atoms with E-state index in [2.05, 4.69) is 12.0 Å². The fourth-order valence-electron chi connectivity index (χ4n) is 2.70. The maximum Gasteiger partial charge on any atom is 0.233 e. The van der Waals surface area contributed by atoms with Crippen molar-refractivity contribution in [2.45, 2.75) is 52.5 Å². The molecule has 0 saturated heterocycles. The molecular weight excluding hydrogens is 419 g/mol. The molecular formula is C20H28Cl2N2O3S. The highest BCUT2D eigenvalue weighted by molar-refractivity contribution is 7.91. The second-order valence-corrected chi connectivity index (χ2v) is 9.97. The zero-order valence-corrected chi connectivity index (χ0v) is 18.8. The van der Waals surface area contributed by atoms with Crippen LogP contribution in [0.5, 0.6) is 5.88 Å². The van der Waals surface area contributed by atoms with Crippen LogP contribution in [0.15, 0.2) is 24.3 Å². The fourth-order valence-corrected chi connectivity index (χ4v) is 4.62. The maximum atomic E-state index is 12.2. The van der Waals surface area contributed by atoms with Crippen molar-refractivity contribution in [2.75, 3.05) is 18.1 Å². The van der Waals surface area contributed by atoms with Crippen LogP contribution in [0.2, 0.25) is 10.0 Å². The van der Waals surface area contributed by atoms with E-state index in [-0.39, 0.29) is 11.5 Å². The van der Waals surface area contributed by atoms with E-state index in [9.17, 15) is 8.42 Å². The number of aromatic nitrogens is 2. The molecule has 8 heteroatoms. The average molecular weight is 447 g/mol. The van der Waals surface area contributed by atoms with Crippen molar-refractivity contribution in [1.82, 2.24) is 9.78 Å². The van der Waals surface area contributed by atoms with Gasteiger partial charge in [-0.3, -0.25) is 4.68 Å². The molecule has 0 atom stereocenters. The number of sulfone groups is 1. The summed E-state index contributed by atoms with van der Waals surface area (Å²) < 4.78 is 32.0. The predicted molar refractivity (Wildman–Crippen MR) is 115 cm³/mol. The van der Waals surface area contributed by atoms with Crippen molar-refractivity contribution in [1.29, 1.82) is 0 Å². The number of hydrogen-bond donors (Lipinski definition) is 0. The zero-order chi connectivity index (χ0) is 20.6. The Labute approximate surface area is 177 Å². The summed E-state index contributed by atoms with van der Waals surface area (Å²) in [4.78, 5) is 0. The van der Waals surface area contributed by atoms with Crippen molar-refractivity contribution >= 4 is 33.0 Å². The molecule has 2 rings (SSSR count). The van der Waals surface area contributed by atoms with Crippen LogP contribution in [0.25, 0.3) is 0 Å². The average Bonchev–Trinajstić information content (AvgIpc) is 3.03. The van der Waals surface area contributed by atoms with Crippen LogP contribution < -0.4 is 4.74 Å². The molecule has 2 aromatic rings. The van der Waals surface area contributed by atoms with Gasteiger partial charge in [-0.1, -0.05) is 56.0 Å². The zero-order valence-electron chi connectivity index (χ0n) is 16.5. The Kier molecular flexibility index (Phi) is 9.12. The first-order valence-corrected chi connectivity index (χ1v) is 12.3. The molecule has 1 heterocycles. The molecule has 28 heavy (non-hydrogen) atoms. The minimum absolute atomic E-state index is 0.0987. The smallest absolute Gasteiger partial charge is 0.233 e. The Morgan fingerprint density at radius 1 is 1.07 bits per heavy atom. The Morgan fingerprint density at radius 2 is 1.82 bits per heavy atom. The molecule has 0 fully saturated rings. The van der Waals surface area contributed by atoms with E-state index < -0.39 is 9.84 Å². The van der Waals surface area contributed by atoms with Gasteiger partial charge in [0.25, 0.3) is 0 Å². The second-order valence-electron chi connectivity index (χ2n) is 6.82. The predicted octanol–water partition coefficient (Wildman–Crippen LogP) is 5.17. The lowest BCUT2D eigenvalue weighted by Crippen LogP contribution is -2.15. The standard InChI is InChI=1S/C20H28Cl2N2O3S/c1-3-5-10-27-20-14-18(9-12-28(25,26)11-6-4-2)24(23-20)15-16-7-8-17(21)13-19(16)22/h7-8,13-14H,3-6,9-12,15H2,1-2H3. The van der Waals surface area contributed by atoms with E-state index >= 15 is 0 Å². The molecule has 0 radical (unpaired) electrons. The van der Waals surface area contributed by atoms with Crippen molar-refractivity contribution < 1.29 is 13.2 Å². The van der Waals surface area contributed by atoms with E-state index in [0.29, 0.717) is 41.9 Å². The third-order valence-corrected chi connectivity index (χ3v) is 6.73. The van der Waals surface area contributed by atoms with Gasteiger partial charge in [-0.25, -0.2) is 8.42 Å². The maximum absolute atomic E-state index is 12.2. The van der Waals surface area contributed by atoms with E-state index in [1.54, 1.807) is 16.8 Å². The molecule has 0 unspecified atom stereocenters. The molecule has 0 aliphatic rings. The molecule has 5 nitrogen and oxygen atoms in total. The third kappa shape index (κ3) is 7.30. The normalized spacial score (nSPS) is 11.7. The van der Waals surface area contributed by atoms with Gasteiger partial charge in [0.05, 0.1) is 24.7 Å². The van der Waals surface area contributed by atoms with Gasteiger partial charge < -0.3 is 4.74 Å². The molecule has 156 valence electrons. The summed E-state index contributed by atoms with van der Waals surface area (Å²) in [6.07, 6.45) is 3.91. The van der Waals surface area contributed by atoms with Gasteiger partial charge in [0.1, 0.15) is 0 Å². The highest BCUT2D eigenvalue weighted by Crippen LogP contribution is 2.23. The van der Waals surface area contributed by atoms with E-state index in [0.717, 1.165) is 30.5 Å². The largest absolute Gasteiger partial charge is 0.477 e. The van der Waals surface area contributed by atoms with Crippen molar-refractivity contribution in [3.63, 3.8) is 0 Å². The van der Waals surface area contributed by atoms with E-state index in [4.69, 9.17) is 27.9 Å². The van der Waals surface area contributed by atoms with Crippen LogP contribution in [0, 0.1) is 0 Å². The number of benzene rings is 1. The van der Waals surface area contributed by atoms with Crippen LogP contribution in [-0.4, -0.2) is 36.3 Å². The number of ether oxygens (including phenoxy) is 1. The lowest BCUT2D eigenvalue weighted by atomic mass is 10.2. The lowest BCUT2D eigenvalue weighted by Gasteiger charge is -2.09.